The highest BCUT2D eigenvalue weighted by atomic mass is 19.4. The van der Waals surface area contributed by atoms with Crippen molar-refractivity contribution in [3.8, 4) is 0 Å². The van der Waals surface area contributed by atoms with E-state index in [0.29, 0.717) is 12.8 Å². The van der Waals surface area contributed by atoms with Gasteiger partial charge in [-0.3, -0.25) is 4.79 Å². The Morgan fingerprint density at radius 2 is 2.00 bits per heavy atom. The van der Waals surface area contributed by atoms with Gasteiger partial charge in [0.15, 0.2) is 6.61 Å². The Kier molecular flexibility index (Phi) is 3.61. The molecule has 0 spiro atoms. The zero-order chi connectivity index (χ0) is 16.9. The van der Waals surface area contributed by atoms with Crippen LogP contribution in [-0.4, -0.2) is 42.9 Å². The van der Waals surface area contributed by atoms with E-state index in [0.717, 1.165) is 0 Å². The summed E-state index contributed by atoms with van der Waals surface area (Å²) in [5.74, 6) is -3.13. The lowest BCUT2D eigenvalue weighted by Gasteiger charge is -2.25. The van der Waals surface area contributed by atoms with Crippen molar-refractivity contribution in [1.29, 1.82) is 0 Å². The van der Waals surface area contributed by atoms with Gasteiger partial charge in [-0.15, -0.1) is 0 Å². The van der Waals surface area contributed by atoms with Crippen molar-refractivity contribution in [2.75, 3.05) is 6.61 Å². The number of ether oxygens (including phenoxy) is 3. The smallest absolute Gasteiger partial charge is 0.422 e. The van der Waals surface area contributed by atoms with Crippen molar-refractivity contribution in [3.05, 3.63) is 12.2 Å². The second-order valence-corrected chi connectivity index (χ2v) is 5.91. The van der Waals surface area contributed by atoms with Crippen LogP contribution in [0.15, 0.2) is 12.2 Å². The summed E-state index contributed by atoms with van der Waals surface area (Å²) in [6.45, 7) is 1.62. The summed E-state index contributed by atoms with van der Waals surface area (Å²) in [5, 5.41) is 0. The largest absolute Gasteiger partial charge is 0.458 e. The van der Waals surface area contributed by atoms with E-state index >= 15 is 0 Å². The van der Waals surface area contributed by atoms with Gasteiger partial charge >= 0.3 is 24.1 Å². The first kappa shape index (κ1) is 15.8. The molecule has 3 aliphatic rings. The fourth-order valence-corrected chi connectivity index (χ4v) is 3.58. The lowest BCUT2D eigenvalue weighted by Crippen LogP contribution is -2.37. The molecule has 2 aliphatic carbocycles. The second kappa shape index (κ2) is 5.24. The molecule has 1 aliphatic heterocycles. The topological polar surface area (TPSA) is 78.9 Å². The molecule has 2 bridgehead atoms. The van der Waals surface area contributed by atoms with Gasteiger partial charge in [0, 0.05) is 11.8 Å². The van der Waals surface area contributed by atoms with Gasteiger partial charge < -0.3 is 14.2 Å². The number of halogens is 3. The Morgan fingerprint density at radius 1 is 1.30 bits per heavy atom. The van der Waals surface area contributed by atoms with Crippen molar-refractivity contribution in [3.63, 3.8) is 0 Å². The predicted octanol–water partition coefficient (Wildman–Crippen LogP) is 1.14. The molecule has 5 atom stereocenters. The monoisotopic (exact) mass is 334 g/mol. The van der Waals surface area contributed by atoms with Crippen LogP contribution in [0.4, 0.5) is 13.2 Å². The molecular formula is C14H13F3O6. The Labute approximate surface area is 128 Å². The normalized spacial score (nSPS) is 34.2. The maximum atomic E-state index is 12.2. The number of esters is 3. The van der Waals surface area contributed by atoms with Crippen LogP contribution in [-0.2, 0) is 28.6 Å². The lowest BCUT2D eigenvalue weighted by atomic mass is 9.88. The van der Waals surface area contributed by atoms with Gasteiger partial charge in [-0.25, -0.2) is 9.59 Å². The fraction of sp³-hybridized carbons (Fsp3) is 0.643. The Morgan fingerprint density at radius 3 is 2.65 bits per heavy atom. The molecule has 3 fully saturated rings. The molecule has 0 aromatic carbocycles. The van der Waals surface area contributed by atoms with Crippen molar-refractivity contribution >= 4 is 17.9 Å². The number of carbonyl (C=O) groups is 3. The minimum atomic E-state index is -4.92. The van der Waals surface area contributed by atoms with Crippen LogP contribution in [0.3, 0.4) is 0 Å². The minimum Gasteiger partial charge on any atom is -0.458 e. The first-order valence-electron chi connectivity index (χ1n) is 7.01. The summed E-state index contributed by atoms with van der Waals surface area (Å²) >= 11 is 0. The van der Waals surface area contributed by atoms with Crippen LogP contribution in [0.1, 0.15) is 12.8 Å². The predicted molar refractivity (Wildman–Crippen MR) is 65.6 cm³/mol. The third-order valence-corrected chi connectivity index (χ3v) is 4.59. The van der Waals surface area contributed by atoms with E-state index in [1.165, 1.54) is 0 Å². The number of hydrogen-bond donors (Lipinski definition) is 0. The molecule has 0 N–H and O–H groups in total. The molecule has 1 heterocycles. The molecule has 0 radical (unpaired) electrons. The van der Waals surface area contributed by atoms with E-state index in [1.54, 1.807) is 0 Å². The molecule has 126 valence electrons. The summed E-state index contributed by atoms with van der Waals surface area (Å²) in [4.78, 5) is 34.3. The minimum absolute atomic E-state index is 0.00811. The van der Waals surface area contributed by atoms with E-state index in [9.17, 15) is 27.6 Å². The van der Waals surface area contributed by atoms with Crippen LogP contribution < -0.4 is 0 Å². The van der Waals surface area contributed by atoms with E-state index in [1.807, 2.05) is 0 Å². The molecule has 6 nitrogen and oxygen atoms in total. The molecule has 1 saturated heterocycles. The van der Waals surface area contributed by atoms with Crippen molar-refractivity contribution in [2.45, 2.75) is 31.2 Å². The summed E-state index contributed by atoms with van der Waals surface area (Å²) in [7, 11) is 0. The number of hydrogen-bond acceptors (Lipinski definition) is 6. The quantitative estimate of drug-likeness (QED) is 0.436. The first-order chi connectivity index (χ1) is 10.7. The summed E-state index contributed by atoms with van der Waals surface area (Å²) < 4.78 is 51.2. The van der Waals surface area contributed by atoms with E-state index in [4.69, 9.17) is 9.47 Å². The van der Waals surface area contributed by atoms with Crippen LogP contribution in [0.2, 0.25) is 0 Å². The molecule has 0 aromatic heterocycles. The maximum Gasteiger partial charge on any atom is 0.422 e. The standard InChI is InChI=1S/C14H13F3O6/c1-5(14(15,16)17)12(19)21-4-9(18)22-10-6-2-7-8(3-6)13(20)23-11(7)10/h6-8,10-11H,1-4H2. The second-order valence-electron chi connectivity index (χ2n) is 5.91. The summed E-state index contributed by atoms with van der Waals surface area (Å²) in [6, 6.07) is 0. The van der Waals surface area contributed by atoms with E-state index < -0.39 is 42.5 Å². The van der Waals surface area contributed by atoms with Gasteiger partial charge in [-0.2, -0.15) is 13.2 Å². The number of rotatable bonds is 4. The molecule has 23 heavy (non-hydrogen) atoms. The lowest BCUT2D eigenvalue weighted by molar-refractivity contribution is -0.171. The van der Waals surface area contributed by atoms with Gasteiger partial charge in [0.05, 0.1) is 5.92 Å². The van der Waals surface area contributed by atoms with E-state index in [-0.39, 0.29) is 23.7 Å². The average Bonchev–Trinajstić information content (AvgIpc) is 3.07. The molecule has 0 aromatic rings. The first-order valence-corrected chi connectivity index (χ1v) is 7.01. The zero-order valence-corrected chi connectivity index (χ0v) is 11.8. The maximum absolute atomic E-state index is 12.2. The average molecular weight is 334 g/mol. The van der Waals surface area contributed by atoms with Crippen molar-refractivity contribution in [2.24, 2.45) is 17.8 Å². The van der Waals surface area contributed by atoms with Gasteiger partial charge in [0.25, 0.3) is 0 Å². The fourth-order valence-electron chi connectivity index (χ4n) is 3.58. The highest BCUT2D eigenvalue weighted by molar-refractivity contribution is 5.90. The highest BCUT2D eigenvalue weighted by Crippen LogP contribution is 2.55. The Bertz CT molecular complexity index is 584. The third-order valence-electron chi connectivity index (χ3n) is 4.59. The molecular weight excluding hydrogens is 321 g/mol. The van der Waals surface area contributed by atoms with Gasteiger partial charge in [0.1, 0.15) is 17.8 Å². The van der Waals surface area contributed by atoms with Crippen molar-refractivity contribution in [1.82, 2.24) is 0 Å². The Balaban J connectivity index is 1.50. The third kappa shape index (κ3) is 2.68. The van der Waals surface area contributed by atoms with Gasteiger partial charge in [0.2, 0.25) is 0 Å². The van der Waals surface area contributed by atoms with Crippen LogP contribution in [0, 0.1) is 17.8 Å². The Hall–Kier alpha value is -2.06. The molecule has 9 heteroatoms. The molecule has 2 saturated carbocycles. The van der Waals surface area contributed by atoms with Gasteiger partial charge in [-0.1, -0.05) is 6.58 Å². The zero-order valence-electron chi connectivity index (χ0n) is 11.8. The number of alkyl halides is 3. The summed E-state index contributed by atoms with van der Waals surface area (Å²) in [5.41, 5.74) is -1.70. The van der Waals surface area contributed by atoms with Crippen LogP contribution in [0.5, 0.6) is 0 Å². The highest BCUT2D eigenvalue weighted by Gasteiger charge is 2.63. The number of carbonyl (C=O) groups excluding carboxylic acids is 3. The van der Waals surface area contributed by atoms with Crippen LogP contribution in [0.25, 0.3) is 0 Å². The van der Waals surface area contributed by atoms with Crippen molar-refractivity contribution < 1.29 is 41.8 Å². The molecule has 5 unspecified atom stereocenters. The molecule has 0 amide bonds. The molecule has 3 rings (SSSR count). The number of fused-ring (bicyclic) bond motifs is 1. The van der Waals surface area contributed by atoms with Crippen LogP contribution >= 0.6 is 0 Å². The summed E-state index contributed by atoms with van der Waals surface area (Å²) in [6.07, 6.45) is -4.76. The SMILES string of the molecule is C=C(C(=O)OCC(=O)OC1C2CC3C(=O)OC1C3C2)C(F)(F)F. The van der Waals surface area contributed by atoms with E-state index in [2.05, 4.69) is 11.3 Å². The van der Waals surface area contributed by atoms with Gasteiger partial charge in [-0.05, 0) is 12.8 Å².